The van der Waals surface area contributed by atoms with Crippen LogP contribution in [-0.4, -0.2) is 28.8 Å². The molecule has 15 heavy (non-hydrogen) atoms. The van der Waals surface area contributed by atoms with Crippen LogP contribution in [0.25, 0.3) is 0 Å². The molecular weight excluding hydrogens is 223 g/mol. The molecule has 0 saturated heterocycles. The summed E-state index contributed by atoms with van der Waals surface area (Å²) in [6.07, 6.45) is -4.29. The Balaban J connectivity index is 4.19. The van der Waals surface area contributed by atoms with E-state index in [0.717, 1.165) is 0 Å². The average molecular weight is 243 g/mol. The van der Waals surface area contributed by atoms with Crippen LogP contribution in [0.3, 0.4) is 0 Å². The first-order valence-corrected chi connectivity index (χ1v) is 5.86. The van der Waals surface area contributed by atoms with E-state index in [1.165, 1.54) is 0 Å². The lowest BCUT2D eigenvalue weighted by atomic mass is 9.89. The van der Waals surface area contributed by atoms with Crippen LogP contribution < -0.4 is 5.73 Å². The summed E-state index contributed by atoms with van der Waals surface area (Å²) in [4.78, 5) is 0. The Bertz CT molecular complexity index is 189. The molecular formula is C9H20F3NOSi. The van der Waals surface area contributed by atoms with Crippen LogP contribution in [0.2, 0.25) is 0 Å². The molecule has 0 saturated carbocycles. The van der Waals surface area contributed by atoms with Crippen molar-refractivity contribution in [3.63, 3.8) is 0 Å². The lowest BCUT2D eigenvalue weighted by Gasteiger charge is -2.31. The molecule has 0 amide bonds. The molecule has 2 nitrogen and oxygen atoms in total. The fourth-order valence-electron chi connectivity index (χ4n) is 1.51. The molecule has 0 aromatic rings. The molecule has 6 heteroatoms. The molecule has 2 unspecified atom stereocenters. The summed E-state index contributed by atoms with van der Waals surface area (Å²) in [7, 11) is 0.448. The highest BCUT2D eigenvalue weighted by Crippen LogP contribution is 2.31. The third kappa shape index (κ3) is 6.91. The van der Waals surface area contributed by atoms with E-state index in [4.69, 9.17) is 10.2 Å². The van der Waals surface area contributed by atoms with Crippen molar-refractivity contribution in [2.24, 2.45) is 11.7 Å². The molecule has 0 aliphatic rings. The monoisotopic (exact) mass is 243 g/mol. The molecule has 0 heterocycles. The summed E-state index contributed by atoms with van der Waals surface area (Å²) in [5.41, 5.74) is 4.78. The molecule has 0 radical (unpaired) electrons. The van der Waals surface area contributed by atoms with Gasteiger partial charge in [-0.1, -0.05) is 6.92 Å². The van der Waals surface area contributed by atoms with Crippen molar-refractivity contribution in [2.45, 2.75) is 44.9 Å². The van der Waals surface area contributed by atoms with Crippen LogP contribution >= 0.6 is 0 Å². The summed E-state index contributed by atoms with van der Waals surface area (Å²) in [5.74, 6) is 0.192. The van der Waals surface area contributed by atoms with Gasteiger partial charge >= 0.3 is 6.18 Å². The Labute approximate surface area is 91.9 Å². The largest absolute Gasteiger partial charge is 0.423 e. The van der Waals surface area contributed by atoms with Crippen molar-refractivity contribution >= 4 is 10.5 Å². The molecule has 0 spiro atoms. The maximum atomic E-state index is 12.1. The van der Waals surface area contributed by atoms with Crippen LogP contribution in [0.1, 0.15) is 33.1 Å². The molecule has 0 bridgehead atoms. The van der Waals surface area contributed by atoms with Gasteiger partial charge in [0.1, 0.15) is 10.5 Å². The van der Waals surface area contributed by atoms with Gasteiger partial charge in [0.15, 0.2) is 0 Å². The summed E-state index contributed by atoms with van der Waals surface area (Å²) < 4.78 is 41.5. The van der Waals surface area contributed by atoms with Crippen LogP contribution in [0.15, 0.2) is 0 Å². The summed E-state index contributed by atoms with van der Waals surface area (Å²) >= 11 is 0. The Morgan fingerprint density at radius 2 is 1.87 bits per heavy atom. The van der Waals surface area contributed by atoms with Crippen molar-refractivity contribution in [3.05, 3.63) is 0 Å². The van der Waals surface area contributed by atoms with E-state index in [2.05, 4.69) is 0 Å². The third-order valence-electron chi connectivity index (χ3n) is 2.61. The smallest absolute Gasteiger partial charge is 0.389 e. The molecule has 2 atom stereocenters. The second kappa shape index (κ2) is 5.86. The molecule has 0 aromatic carbocycles. The summed E-state index contributed by atoms with van der Waals surface area (Å²) in [6, 6.07) is 0. The van der Waals surface area contributed by atoms with Crippen LogP contribution in [0.4, 0.5) is 13.2 Å². The highest BCUT2D eigenvalue weighted by Gasteiger charge is 2.33. The fraction of sp³-hybridized carbons (Fsp3) is 1.00. The molecule has 0 rings (SSSR count). The average Bonchev–Trinajstić information content (AvgIpc) is 2.14. The molecule has 2 N–H and O–H groups in total. The molecule has 0 fully saturated rings. The van der Waals surface area contributed by atoms with Gasteiger partial charge in [-0.05, 0) is 32.2 Å². The van der Waals surface area contributed by atoms with Gasteiger partial charge in [0.2, 0.25) is 0 Å². The molecule has 0 aliphatic carbocycles. The normalized spacial score (nSPS) is 18.8. The van der Waals surface area contributed by atoms with Gasteiger partial charge < -0.3 is 10.2 Å². The third-order valence-corrected chi connectivity index (χ3v) is 3.60. The van der Waals surface area contributed by atoms with Gasteiger partial charge in [0, 0.05) is 6.42 Å². The van der Waals surface area contributed by atoms with E-state index in [9.17, 15) is 13.2 Å². The SMILES string of the molecule is CC(CN)CC(C)(CCC(F)(F)F)O[SiH3]. The zero-order chi connectivity index (χ0) is 12.1. The van der Waals surface area contributed by atoms with E-state index in [1.54, 1.807) is 6.92 Å². The topological polar surface area (TPSA) is 35.2 Å². The minimum absolute atomic E-state index is 0.0182. The van der Waals surface area contributed by atoms with E-state index < -0.39 is 18.2 Å². The quantitative estimate of drug-likeness (QED) is 0.715. The highest BCUT2D eigenvalue weighted by molar-refractivity contribution is 5.98. The lowest BCUT2D eigenvalue weighted by Crippen LogP contribution is -2.33. The first-order chi connectivity index (χ1) is 6.72. The van der Waals surface area contributed by atoms with Gasteiger partial charge in [0.05, 0.1) is 5.60 Å². The van der Waals surface area contributed by atoms with Crippen LogP contribution in [0.5, 0.6) is 0 Å². The Hall–Kier alpha value is -0.0731. The minimum Gasteiger partial charge on any atom is -0.423 e. The number of alkyl halides is 3. The Morgan fingerprint density at radius 3 is 2.20 bits per heavy atom. The van der Waals surface area contributed by atoms with Gasteiger partial charge in [-0.25, -0.2) is 0 Å². The minimum atomic E-state index is -4.10. The second-order valence-electron chi connectivity index (χ2n) is 4.31. The van der Waals surface area contributed by atoms with Crippen LogP contribution in [-0.2, 0) is 4.43 Å². The Morgan fingerprint density at radius 1 is 1.33 bits per heavy atom. The second-order valence-corrected chi connectivity index (χ2v) is 4.72. The molecule has 0 aromatic heterocycles. The number of nitrogens with two attached hydrogens (primary N) is 1. The van der Waals surface area contributed by atoms with Gasteiger partial charge in [0.25, 0.3) is 0 Å². The maximum Gasteiger partial charge on any atom is 0.389 e. The van der Waals surface area contributed by atoms with Crippen molar-refractivity contribution in [3.8, 4) is 0 Å². The molecule has 92 valence electrons. The summed E-state index contributed by atoms with van der Waals surface area (Å²) in [5, 5.41) is 0. The predicted octanol–water partition coefficient (Wildman–Crippen LogP) is 1.37. The number of hydrogen-bond acceptors (Lipinski definition) is 2. The standard InChI is InChI=1S/C9H20F3NOSi/c1-7(6-13)5-8(2,14-15)3-4-9(10,11)12/h7H,3-6,13H2,1-2,15H3. The zero-order valence-electron chi connectivity index (χ0n) is 9.53. The van der Waals surface area contributed by atoms with E-state index >= 15 is 0 Å². The fourth-order valence-corrected chi connectivity index (χ4v) is 1.88. The lowest BCUT2D eigenvalue weighted by molar-refractivity contribution is -0.144. The number of halogens is 3. The van der Waals surface area contributed by atoms with E-state index in [-0.39, 0.29) is 12.3 Å². The molecule has 0 aliphatic heterocycles. The first-order valence-electron chi connectivity index (χ1n) is 5.04. The van der Waals surface area contributed by atoms with Crippen LogP contribution in [0, 0.1) is 5.92 Å². The van der Waals surface area contributed by atoms with Crippen molar-refractivity contribution in [1.29, 1.82) is 0 Å². The van der Waals surface area contributed by atoms with Gasteiger partial charge in [-0.2, -0.15) is 13.2 Å². The predicted molar refractivity (Wildman–Crippen MR) is 57.6 cm³/mol. The Kier molecular flexibility index (Phi) is 5.83. The van der Waals surface area contributed by atoms with E-state index in [1.807, 2.05) is 6.92 Å². The van der Waals surface area contributed by atoms with Gasteiger partial charge in [-0.15, -0.1) is 0 Å². The van der Waals surface area contributed by atoms with Crippen molar-refractivity contribution in [2.75, 3.05) is 6.54 Å². The highest BCUT2D eigenvalue weighted by atomic mass is 28.2. The van der Waals surface area contributed by atoms with Gasteiger partial charge in [-0.3, -0.25) is 0 Å². The number of hydrogen-bond donors (Lipinski definition) is 1. The first kappa shape index (κ1) is 14.9. The maximum absolute atomic E-state index is 12.1. The van der Waals surface area contributed by atoms with E-state index in [0.29, 0.717) is 23.5 Å². The zero-order valence-corrected chi connectivity index (χ0v) is 11.5. The summed E-state index contributed by atoms with van der Waals surface area (Å²) in [6.45, 7) is 4.14. The number of rotatable bonds is 6. The van der Waals surface area contributed by atoms with Crippen molar-refractivity contribution in [1.82, 2.24) is 0 Å². The van der Waals surface area contributed by atoms with Crippen molar-refractivity contribution < 1.29 is 17.6 Å².